The number of benzene rings is 2. The molecule has 0 atom stereocenters. The lowest BCUT2D eigenvalue weighted by Crippen LogP contribution is -2.20. The van der Waals surface area contributed by atoms with Crippen LogP contribution in [0.5, 0.6) is 0 Å². The van der Waals surface area contributed by atoms with Gasteiger partial charge in [0.2, 0.25) is 5.65 Å². The average molecular weight is 339 g/mol. The minimum Gasteiger partial charge on any atom is -0.299 e. The van der Waals surface area contributed by atoms with E-state index in [0.717, 1.165) is 0 Å². The third kappa shape index (κ3) is 2.50. The Balaban J connectivity index is 1.81. The van der Waals surface area contributed by atoms with E-state index in [4.69, 9.17) is 11.6 Å². The van der Waals surface area contributed by atoms with Crippen LogP contribution in [0, 0.1) is 0 Å². The lowest BCUT2D eigenvalue weighted by atomic mass is 10.3. The number of halogens is 1. The molecule has 2 aromatic heterocycles. The van der Waals surface area contributed by atoms with Gasteiger partial charge >= 0.3 is 0 Å². The van der Waals surface area contributed by atoms with E-state index in [-0.39, 0.29) is 5.69 Å². The summed E-state index contributed by atoms with van der Waals surface area (Å²) in [5.41, 5.74) is 8.31. The van der Waals surface area contributed by atoms with Gasteiger partial charge in [0.05, 0.1) is 21.7 Å². The lowest BCUT2D eigenvalue weighted by Gasteiger charge is -2.11. The predicted molar refractivity (Wildman–Crippen MR) is 94.2 cm³/mol. The number of para-hydroxylation sites is 3. The number of hydrogen-bond acceptors (Lipinski definition) is 6. The maximum Gasteiger partial charge on any atom is 0.291 e. The van der Waals surface area contributed by atoms with Crippen molar-refractivity contribution in [3.63, 3.8) is 0 Å². The fourth-order valence-corrected chi connectivity index (χ4v) is 2.49. The summed E-state index contributed by atoms with van der Waals surface area (Å²) in [6, 6.07) is 14.6. The molecule has 118 valence electrons. The van der Waals surface area contributed by atoms with Crippen molar-refractivity contribution in [1.82, 2.24) is 20.2 Å². The number of anilines is 2. The summed E-state index contributed by atoms with van der Waals surface area (Å²) in [6.45, 7) is 0. The van der Waals surface area contributed by atoms with Crippen LogP contribution < -0.4 is 16.4 Å². The summed E-state index contributed by atoms with van der Waals surface area (Å²) in [5, 5.41) is 6.90. The highest BCUT2D eigenvalue weighted by Gasteiger charge is 2.12. The first-order chi connectivity index (χ1) is 11.7. The van der Waals surface area contributed by atoms with Crippen LogP contribution in [0.3, 0.4) is 0 Å². The highest BCUT2D eigenvalue weighted by molar-refractivity contribution is 6.33. The minimum absolute atomic E-state index is 0.221. The smallest absolute Gasteiger partial charge is 0.291 e. The summed E-state index contributed by atoms with van der Waals surface area (Å²) in [5.74, 6) is 0. The molecule has 2 aromatic carbocycles. The Kier molecular flexibility index (Phi) is 3.47. The van der Waals surface area contributed by atoms with E-state index < -0.39 is 5.56 Å². The molecule has 0 fully saturated rings. The Hall–Kier alpha value is -3.19. The van der Waals surface area contributed by atoms with Gasteiger partial charge in [0.15, 0.2) is 5.69 Å². The van der Waals surface area contributed by atoms with Crippen LogP contribution in [0.1, 0.15) is 0 Å². The minimum atomic E-state index is -0.411. The van der Waals surface area contributed by atoms with E-state index in [1.54, 1.807) is 12.1 Å². The fourth-order valence-electron chi connectivity index (χ4n) is 2.31. The Labute approximate surface area is 140 Å². The van der Waals surface area contributed by atoms with Gasteiger partial charge in [-0.1, -0.05) is 35.9 Å². The first-order valence-corrected chi connectivity index (χ1v) is 7.52. The van der Waals surface area contributed by atoms with Crippen molar-refractivity contribution in [3.8, 4) is 0 Å². The topological polar surface area (TPSA) is 95.6 Å². The normalized spacial score (nSPS) is 10.9. The average Bonchev–Trinajstić information content (AvgIpc) is 2.61. The number of hydrogen-bond donors (Lipinski definition) is 3. The largest absolute Gasteiger partial charge is 0.299 e. The number of rotatable bonds is 3. The molecule has 0 saturated heterocycles. The van der Waals surface area contributed by atoms with Gasteiger partial charge in [0.25, 0.3) is 5.56 Å². The number of H-pyrrole nitrogens is 1. The van der Waals surface area contributed by atoms with Crippen LogP contribution in [-0.2, 0) is 0 Å². The molecule has 7 nitrogen and oxygen atoms in total. The zero-order chi connectivity index (χ0) is 16.5. The second-order valence-electron chi connectivity index (χ2n) is 5.04. The number of nitrogens with one attached hydrogen (secondary N) is 3. The van der Waals surface area contributed by atoms with Crippen molar-refractivity contribution in [2.75, 3.05) is 10.9 Å². The molecule has 0 spiro atoms. The molecule has 0 aliphatic carbocycles. The first-order valence-electron chi connectivity index (χ1n) is 7.14. The fraction of sp³-hybridized carbons (Fsp3) is 0. The summed E-state index contributed by atoms with van der Waals surface area (Å²) < 4.78 is 0. The van der Waals surface area contributed by atoms with Crippen LogP contribution in [0.15, 0.2) is 53.3 Å². The summed E-state index contributed by atoms with van der Waals surface area (Å²) in [4.78, 5) is 21.1. The standard InChI is InChI=1S/C16H11ClN6O/c17-9-5-1-2-6-10(9)20-21-14-13-15(22-23-16(14)24)19-12-8-4-3-7-11(12)18-13/h1-8,20H,(H,23,24)(H,19,21,22). The zero-order valence-electron chi connectivity index (χ0n) is 12.2. The molecule has 0 unspecified atom stereocenters. The SMILES string of the molecule is O=c1[nH]nc2nc3ccccc3nc2c1NNc1ccccc1Cl. The Morgan fingerprint density at radius 2 is 1.62 bits per heavy atom. The summed E-state index contributed by atoms with van der Waals surface area (Å²) in [6.07, 6.45) is 0. The van der Waals surface area contributed by atoms with Gasteiger partial charge < -0.3 is 0 Å². The highest BCUT2D eigenvalue weighted by Crippen LogP contribution is 2.22. The van der Waals surface area contributed by atoms with Gasteiger partial charge in [-0.25, -0.2) is 15.1 Å². The highest BCUT2D eigenvalue weighted by atomic mass is 35.5. The zero-order valence-corrected chi connectivity index (χ0v) is 13.0. The molecule has 4 aromatic rings. The Morgan fingerprint density at radius 3 is 2.42 bits per heavy atom. The van der Waals surface area contributed by atoms with E-state index in [1.807, 2.05) is 36.4 Å². The molecule has 4 rings (SSSR count). The van der Waals surface area contributed by atoms with Crippen molar-refractivity contribution in [2.45, 2.75) is 0 Å². The monoisotopic (exact) mass is 338 g/mol. The third-order valence-corrected chi connectivity index (χ3v) is 3.80. The van der Waals surface area contributed by atoms with Gasteiger partial charge in [0, 0.05) is 0 Å². The molecule has 0 aliphatic rings. The molecular weight excluding hydrogens is 328 g/mol. The van der Waals surface area contributed by atoms with Gasteiger partial charge in [-0.3, -0.25) is 15.6 Å². The van der Waals surface area contributed by atoms with Crippen LogP contribution in [-0.4, -0.2) is 20.2 Å². The van der Waals surface area contributed by atoms with E-state index >= 15 is 0 Å². The molecule has 0 bridgehead atoms. The van der Waals surface area contributed by atoms with Crippen molar-refractivity contribution in [2.24, 2.45) is 0 Å². The Morgan fingerprint density at radius 1 is 0.917 bits per heavy atom. The summed E-state index contributed by atoms with van der Waals surface area (Å²) in [7, 11) is 0. The third-order valence-electron chi connectivity index (χ3n) is 3.48. The van der Waals surface area contributed by atoms with Crippen LogP contribution in [0.25, 0.3) is 22.2 Å². The second kappa shape index (κ2) is 5.78. The molecule has 0 aliphatic heterocycles. The maximum absolute atomic E-state index is 12.2. The molecule has 0 amide bonds. The van der Waals surface area contributed by atoms with Gasteiger partial charge in [-0.15, -0.1) is 0 Å². The lowest BCUT2D eigenvalue weighted by molar-refractivity contribution is 1.01. The number of aromatic nitrogens is 4. The van der Waals surface area contributed by atoms with E-state index in [1.165, 1.54) is 0 Å². The van der Waals surface area contributed by atoms with Crippen LogP contribution in [0.2, 0.25) is 5.02 Å². The van der Waals surface area contributed by atoms with E-state index in [9.17, 15) is 4.79 Å². The van der Waals surface area contributed by atoms with Crippen molar-refractivity contribution < 1.29 is 0 Å². The number of nitrogens with zero attached hydrogens (tertiary/aromatic N) is 3. The van der Waals surface area contributed by atoms with E-state index in [0.29, 0.717) is 32.9 Å². The number of aromatic amines is 1. The molecular formula is C16H11ClN6O. The van der Waals surface area contributed by atoms with Crippen molar-refractivity contribution in [1.29, 1.82) is 0 Å². The first kappa shape index (κ1) is 14.4. The van der Waals surface area contributed by atoms with Gasteiger partial charge in [0.1, 0.15) is 5.52 Å². The maximum atomic E-state index is 12.2. The molecule has 24 heavy (non-hydrogen) atoms. The van der Waals surface area contributed by atoms with Crippen molar-refractivity contribution in [3.05, 3.63) is 63.9 Å². The van der Waals surface area contributed by atoms with Crippen LogP contribution in [0.4, 0.5) is 11.4 Å². The second-order valence-corrected chi connectivity index (χ2v) is 5.45. The number of hydrazine groups is 1. The molecule has 0 saturated carbocycles. The molecule has 8 heteroatoms. The summed E-state index contributed by atoms with van der Waals surface area (Å²) >= 11 is 6.10. The van der Waals surface area contributed by atoms with Gasteiger partial charge in [-0.05, 0) is 24.3 Å². The quantitative estimate of drug-likeness (QED) is 0.392. The number of fused-ring (bicyclic) bond motifs is 2. The molecule has 2 heterocycles. The van der Waals surface area contributed by atoms with E-state index in [2.05, 4.69) is 31.0 Å². The predicted octanol–water partition coefficient (Wildman–Crippen LogP) is 2.96. The van der Waals surface area contributed by atoms with Crippen LogP contribution >= 0.6 is 11.6 Å². The molecule has 3 N–H and O–H groups in total. The van der Waals surface area contributed by atoms with Crippen molar-refractivity contribution >= 4 is 45.2 Å². The van der Waals surface area contributed by atoms with Gasteiger partial charge in [-0.2, -0.15) is 5.10 Å². The Bertz CT molecular complexity index is 1110. The molecule has 0 radical (unpaired) electrons.